The first-order valence-electron chi connectivity index (χ1n) is 6.40. The highest BCUT2D eigenvalue weighted by molar-refractivity contribution is 7.18. The van der Waals surface area contributed by atoms with Gasteiger partial charge >= 0.3 is 0 Å². The summed E-state index contributed by atoms with van der Waals surface area (Å²) in [5.74, 6) is -0.0637. The zero-order chi connectivity index (χ0) is 13.9. The van der Waals surface area contributed by atoms with Gasteiger partial charge in [0.15, 0.2) is 5.01 Å². The molecule has 1 aliphatic heterocycles. The minimum absolute atomic E-state index is 0.0637. The number of pyridine rings is 1. The molecule has 1 amide bonds. The second-order valence-electron chi connectivity index (χ2n) is 4.50. The summed E-state index contributed by atoms with van der Waals surface area (Å²) in [7, 11) is 1.70. The molecular weight excluding hydrogens is 276 g/mol. The highest BCUT2D eigenvalue weighted by atomic mass is 32.1. The molecule has 0 unspecified atom stereocenters. The van der Waals surface area contributed by atoms with Crippen LogP contribution >= 0.6 is 11.3 Å². The predicted molar refractivity (Wildman–Crippen MR) is 75.5 cm³/mol. The van der Waals surface area contributed by atoms with Crippen LogP contribution in [-0.2, 0) is 9.53 Å². The smallest absolute Gasteiger partial charge is 0.257 e. The average molecular weight is 290 g/mol. The zero-order valence-corrected chi connectivity index (χ0v) is 11.8. The standard InChI is InChI=1S/C13H14N4O2S/c1-17(12(18)10-6-4-8-19-10)13-16-15-11(20-13)9-5-2-3-7-14-9/h2-3,5,7,10H,4,6,8H2,1H3/t10-/m0/s1. The van der Waals surface area contributed by atoms with Crippen molar-refractivity contribution in [2.45, 2.75) is 18.9 Å². The molecule has 0 aromatic carbocycles. The van der Waals surface area contributed by atoms with Crippen LogP contribution in [0.1, 0.15) is 12.8 Å². The van der Waals surface area contributed by atoms with E-state index in [0.717, 1.165) is 18.5 Å². The van der Waals surface area contributed by atoms with Gasteiger partial charge in [-0.1, -0.05) is 17.4 Å². The fourth-order valence-corrected chi connectivity index (χ4v) is 2.81. The Morgan fingerprint density at radius 2 is 2.35 bits per heavy atom. The Labute approximate surface area is 120 Å². The Balaban J connectivity index is 1.77. The third-order valence-electron chi connectivity index (χ3n) is 3.12. The zero-order valence-electron chi connectivity index (χ0n) is 11.0. The first-order valence-corrected chi connectivity index (χ1v) is 7.21. The molecule has 1 saturated heterocycles. The van der Waals surface area contributed by atoms with Gasteiger partial charge in [-0.15, -0.1) is 10.2 Å². The van der Waals surface area contributed by atoms with E-state index in [4.69, 9.17) is 4.74 Å². The maximum Gasteiger partial charge on any atom is 0.257 e. The molecular formula is C13H14N4O2S. The maximum atomic E-state index is 12.2. The Morgan fingerprint density at radius 1 is 1.45 bits per heavy atom. The lowest BCUT2D eigenvalue weighted by molar-refractivity contribution is -0.127. The molecule has 0 aliphatic carbocycles. The van der Waals surface area contributed by atoms with Crippen molar-refractivity contribution in [2.75, 3.05) is 18.6 Å². The van der Waals surface area contributed by atoms with E-state index in [2.05, 4.69) is 15.2 Å². The molecule has 0 N–H and O–H groups in total. The first-order chi connectivity index (χ1) is 9.75. The van der Waals surface area contributed by atoms with Gasteiger partial charge in [0.2, 0.25) is 5.13 Å². The van der Waals surface area contributed by atoms with Crippen molar-refractivity contribution in [1.82, 2.24) is 15.2 Å². The molecule has 3 heterocycles. The number of hydrogen-bond acceptors (Lipinski definition) is 6. The highest BCUT2D eigenvalue weighted by Gasteiger charge is 2.28. The highest BCUT2D eigenvalue weighted by Crippen LogP contribution is 2.27. The summed E-state index contributed by atoms with van der Waals surface area (Å²) in [5, 5.41) is 9.41. The average Bonchev–Trinajstić information content (AvgIpc) is 3.18. The molecule has 0 bridgehead atoms. The summed E-state index contributed by atoms with van der Waals surface area (Å²) in [6.07, 6.45) is 3.06. The molecule has 0 spiro atoms. The van der Waals surface area contributed by atoms with Crippen molar-refractivity contribution in [3.8, 4) is 10.7 Å². The predicted octanol–water partition coefficient (Wildman–Crippen LogP) is 1.74. The van der Waals surface area contributed by atoms with Crippen LogP contribution in [0.4, 0.5) is 5.13 Å². The molecule has 2 aromatic rings. The Bertz CT molecular complexity index is 595. The lowest BCUT2D eigenvalue weighted by atomic mass is 10.2. The molecule has 1 atom stereocenters. The van der Waals surface area contributed by atoms with Crippen LogP contribution in [0.3, 0.4) is 0 Å². The van der Waals surface area contributed by atoms with Gasteiger partial charge in [-0.2, -0.15) is 0 Å². The van der Waals surface area contributed by atoms with E-state index in [9.17, 15) is 4.79 Å². The van der Waals surface area contributed by atoms with E-state index < -0.39 is 0 Å². The van der Waals surface area contributed by atoms with Crippen molar-refractivity contribution in [3.63, 3.8) is 0 Å². The number of ether oxygens (including phenoxy) is 1. The van der Waals surface area contributed by atoms with Gasteiger partial charge in [0.05, 0.1) is 0 Å². The molecule has 0 saturated carbocycles. The van der Waals surface area contributed by atoms with E-state index in [1.54, 1.807) is 13.2 Å². The van der Waals surface area contributed by atoms with Crippen LogP contribution in [0.15, 0.2) is 24.4 Å². The van der Waals surface area contributed by atoms with Crippen molar-refractivity contribution in [1.29, 1.82) is 0 Å². The third-order valence-corrected chi connectivity index (χ3v) is 4.14. The lowest BCUT2D eigenvalue weighted by Crippen LogP contribution is -2.35. The molecule has 20 heavy (non-hydrogen) atoms. The number of likely N-dealkylation sites (N-methyl/N-ethyl adjacent to an activating group) is 1. The van der Waals surface area contributed by atoms with Gasteiger partial charge in [-0.05, 0) is 25.0 Å². The molecule has 0 radical (unpaired) electrons. The van der Waals surface area contributed by atoms with E-state index >= 15 is 0 Å². The molecule has 2 aromatic heterocycles. The number of carbonyl (C=O) groups is 1. The van der Waals surface area contributed by atoms with Gasteiger partial charge in [0.1, 0.15) is 11.8 Å². The maximum absolute atomic E-state index is 12.2. The van der Waals surface area contributed by atoms with E-state index in [0.29, 0.717) is 16.7 Å². The minimum Gasteiger partial charge on any atom is -0.368 e. The molecule has 1 aliphatic rings. The number of anilines is 1. The van der Waals surface area contributed by atoms with Crippen molar-refractivity contribution < 1.29 is 9.53 Å². The Hall–Kier alpha value is -1.86. The second kappa shape index (κ2) is 5.64. The molecule has 7 heteroatoms. The summed E-state index contributed by atoms with van der Waals surface area (Å²) in [6.45, 7) is 0.652. The molecule has 104 valence electrons. The Morgan fingerprint density at radius 3 is 3.05 bits per heavy atom. The van der Waals surface area contributed by atoms with Crippen LogP contribution in [0.5, 0.6) is 0 Å². The van der Waals surface area contributed by atoms with E-state index in [1.165, 1.54) is 16.2 Å². The number of rotatable bonds is 3. The second-order valence-corrected chi connectivity index (χ2v) is 5.46. The van der Waals surface area contributed by atoms with Crippen LogP contribution in [0.25, 0.3) is 10.7 Å². The van der Waals surface area contributed by atoms with E-state index in [-0.39, 0.29) is 12.0 Å². The topological polar surface area (TPSA) is 68.2 Å². The summed E-state index contributed by atoms with van der Waals surface area (Å²) in [6, 6.07) is 5.61. The molecule has 1 fully saturated rings. The van der Waals surface area contributed by atoms with Gasteiger partial charge in [-0.25, -0.2) is 0 Å². The molecule has 6 nitrogen and oxygen atoms in total. The summed E-state index contributed by atoms with van der Waals surface area (Å²) in [4.78, 5) is 18.0. The monoisotopic (exact) mass is 290 g/mol. The van der Waals surface area contributed by atoms with Crippen LogP contribution < -0.4 is 4.90 Å². The summed E-state index contributed by atoms with van der Waals surface area (Å²) in [5.41, 5.74) is 0.759. The van der Waals surface area contributed by atoms with Crippen LogP contribution in [0, 0.1) is 0 Å². The van der Waals surface area contributed by atoms with Crippen LogP contribution in [-0.4, -0.2) is 40.8 Å². The first kappa shape index (κ1) is 13.1. The third kappa shape index (κ3) is 2.54. The minimum atomic E-state index is -0.345. The summed E-state index contributed by atoms with van der Waals surface area (Å²) < 4.78 is 5.40. The normalized spacial score (nSPS) is 18.1. The van der Waals surface area contributed by atoms with Gasteiger partial charge in [-0.3, -0.25) is 14.7 Å². The van der Waals surface area contributed by atoms with Crippen molar-refractivity contribution >= 4 is 22.4 Å². The van der Waals surface area contributed by atoms with Gasteiger partial charge < -0.3 is 4.74 Å². The van der Waals surface area contributed by atoms with Gasteiger partial charge in [0, 0.05) is 19.9 Å². The molecule has 3 rings (SSSR count). The fraction of sp³-hybridized carbons (Fsp3) is 0.385. The quantitative estimate of drug-likeness (QED) is 0.861. The largest absolute Gasteiger partial charge is 0.368 e. The number of amides is 1. The number of nitrogens with zero attached hydrogens (tertiary/aromatic N) is 4. The fourth-order valence-electron chi connectivity index (χ4n) is 2.03. The lowest BCUT2D eigenvalue weighted by Gasteiger charge is -2.16. The summed E-state index contributed by atoms with van der Waals surface area (Å²) >= 11 is 1.35. The number of carbonyl (C=O) groups excluding carboxylic acids is 1. The van der Waals surface area contributed by atoms with Crippen molar-refractivity contribution in [3.05, 3.63) is 24.4 Å². The van der Waals surface area contributed by atoms with Gasteiger partial charge in [0.25, 0.3) is 5.91 Å². The number of aromatic nitrogens is 3. The van der Waals surface area contributed by atoms with Crippen molar-refractivity contribution in [2.24, 2.45) is 0 Å². The SMILES string of the molecule is CN(C(=O)[C@@H]1CCCO1)c1nnc(-c2ccccn2)s1. The van der Waals surface area contributed by atoms with Crippen LogP contribution in [0.2, 0.25) is 0 Å². The Kier molecular flexibility index (Phi) is 3.70. The van der Waals surface area contributed by atoms with E-state index in [1.807, 2.05) is 18.2 Å². The number of hydrogen-bond donors (Lipinski definition) is 0.